The maximum absolute atomic E-state index is 13.8. The summed E-state index contributed by atoms with van der Waals surface area (Å²) >= 11 is 4.59. The second kappa shape index (κ2) is 4.38. The van der Waals surface area contributed by atoms with E-state index in [0.717, 1.165) is 3.79 Å². The van der Waals surface area contributed by atoms with E-state index in [4.69, 9.17) is 5.11 Å². The van der Waals surface area contributed by atoms with Crippen molar-refractivity contribution in [1.82, 2.24) is 4.90 Å². The summed E-state index contributed by atoms with van der Waals surface area (Å²) in [5, 5.41) is 10.4. The largest absolute Gasteiger partial charge is 0.479 e. The van der Waals surface area contributed by atoms with Crippen molar-refractivity contribution >= 4 is 39.1 Å². The molecule has 0 aromatic carbocycles. The van der Waals surface area contributed by atoms with Gasteiger partial charge in [-0.1, -0.05) is 0 Å². The van der Waals surface area contributed by atoms with E-state index in [2.05, 4.69) is 15.9 Å². The number of aliphatic carboxylic acids is 1. The molecule has 1 aliphatic rings. The number of thiophene rings is 1. The van der Waals surface area contributed by atoms with Crippen LogP contribution in [0.4, 0.5) is 4.39 Å². The van der Waals surface area contributed by atoms with E-state index in [9.17, 15) is 14.0 Å². The van der Waals surface area contributed by atoms with Gasteiger partial charge in [-0.15, -0.1) is 11.3 Å². The normalized spacial score (nSPS) is 24.0. The van der Waals surface area contributed by atoms with Crippen LogP contribution >= 0.6 is 27.3 Å². The molecule has 1 unspecified atom stereocenters. The number of carbonyl (C=O) groups excluding carboxylic acids is 1. The van der Waals surface area contributed by atoms with E-state index in [1.165, 1.54) is 16.2 Å². The maximum Gasteiger partial charge on any atom is 0.343 e. The fourth-order valence-corrected chi connectivity index (χ4v) is 2.86. The van der Waals surface area contributed by atoms with Gasteiger partial charge in [-0.3, -0.25) is 4.79 Å². The Bertz CT molecular complexity index is 478. The van der Waals surface area contributed by atoms with Gasteiger partial charge in [0.05, 0.1) is 15.9 Å². The number of halogens is 2. The number of carbonyl (C=O) groups is 2. The number of hydrogen-bond acceptors (Lipinski definition) is 3. The van der Waals surface area contributed by atoms with Gasteiger partial charge in [0.25, 0.3) is 5.91 Å². The molecule has 0 spiro atoms. The summed E-state index contributed by atoms with van der Waals surface area (Å²) in [7, 11) is 0. The summed E-state index contributed by atoms with van der Waals surface area (Å²) in [4.78, 5) is 23.9. The third kappa shape index (κ3) is 2.35. The summed E-state index contributed by atoms with van der Waals surface area (Å²) < 4.78 is 14.6. The molecule has 92 valence electrons. The summed E-state index contributed by atoms with van der Waals surface area (Å²) in [6.45, 7) is -0.246. The average molecular weight is 322 g/mol. The molecule has 7 heteroatoms. The van der Waals surface area contributed by atoms with E-state index in [1.54, 1.807) is 11.4 Å². The first-order chi connectivity index (χ1) is 7.92. The van der Waals surface area contributed by atoms with Gasteiger partial charge in [-0.25, -0.2) is 9.18 Å². The lowest BCUT2D eigenvalue weighted by Gasteiger charge is -2.16. The second-order valence-electron chi connectivity index (χ2n) is 3.89. The van der Waals surface area contributed by atoms with Crippen LogP contribution in [0.1, 0.15) is 16.8 Å². The van der Waals surface area contributed by atoms with E-state index < -0.39 is 11.6 Å². The van der Waals surface area contributed by atoms with E-state index >= 15 is 0 Å². The van der Waals surface area contributed by atoms with Crippen molar-refractivity contribution in [2.24, 2.45) is 0 Å². The third-order valence-electron chi connectivity index (χ3n) is 2.70. The minimum absolute atomic E-state index is 0.134. The molecule has 0 saturated carbocycles. The van der Waals surface area contributed by atoms with Crippen molar-refractivity contribution < 1.29 is 19.1 Å². The standard InChI is InChI=1S/C10H9BrFNO3S/c11-7-3-6(4-17-7)8(14)13-2-1-10(12,5-13)9(15)16/h3-4H,1-2,5H2,(H,15,16). The lowest BCUT2D eigenvalue weighted by Crippen LogP contribution is -2.38. The molecule has 2 rings (SSSR count). The number of alkyl halides is 1. The molecule has 1 amide bonds. The molecule has 17 heavy (non-hydrogen) atoms. The Labute approximate surface area is 109 Å². The van der Waals surface area contributed by atoms with Crippen molar-refractivity contribution in [3.05, 3.63) is 20.8 Å². The minimum atomic E-state index is -2.30. The van der Waals surface area contributed by atoms with Crippen LogP contribution in [0, 0.1) is 0 Å². The highest BCUT2D eigenvalue weighted by atomic mass is 79.9. The fourth-order valence-electron chi connectivity index (χ4n) is 1.73. The summed E-state index contributed by atoms with van der Waals surface area (Å²) in [5.74, 6) is -1.83. The van der Waals surface area contributed by atoms with Gasteiger partial charge in [0.2, 0.25) is 5.67 Å². The smallest absolute Gasteiger partial charge is 0.343 e. The van der Waals surface area contributed by atoms with Crippen LogP contribution < -0.4 is 0 Å². The zero-order valence-corrected chi connectivity index (χ0v) is 11.1. The Hall–Kier alpha value is -0.950. The molecule has 0 radical (unpaired) electrons. The maximum atomic E-state index is 13.8. The van der Waals surface area contributed by atoms with Crippen molar-refractivity contribution in [3.63, 3.8) is 0 Å². The van der Waals surface area contributed by atoms with E-state index in [0.29, 0.717) is 5.56 Å². The number of nitrogens with zero attached hydrogens (tertiary/aromatic N) is 1. The number of amides is 1. The third-order valence-corrected chi connectivity index (χ3v) is 4.21. The first kappa shape index (κ1) is 12.5. The molecule has 1 aliphatic heterocycles. The van der Waals surface area contributed by atoms with E-state index in [-0.39, 0.29) is 25.4 Å². The predicted octanol–water partition coefficient (Wildman–Crippen LogP) is 2.15. The highest BCUT2D eigenvalue weighted by Crippen LogP contribution is 2.28. The fraction of sp³-hybridized carbons (Fsp3) is 0.400. The lowest BCUT2D eigenvalue weighted by atomic mass is 10.1. The van der Waals surface area contributed by atoms with Gasteiger partial charge in [0.15, 0.2) is 0 Å². The molecule has 1 saturated heterocycles. The molecule has 1 aromatic heterocycles. The first-order valence-electron chi connectivity index (χ1n) is 4.88. The van der Waals surface area contributed by atoms with Gasteiger partial charge in [-0.05, 0) is 22.0 Å². The number of likely N-dealkylation sites (tertiary alicyclic amines) is 1. The van der Waals surface area contributed by atoms with Gasteiger partial charge < -0.3 is 10.0 Å². The Morgan fingerprint density at radius 1 is 1.59 bits per heavy atom. The quantitative estimate of drug-likeness (QED) is 0.908. The summed E-state index contributed by atoms with van der Waals surface area (Å²) in [6, 6.07) is 1.64. The van der Waals surface area contributed by atoms with Crippen LogP contribution in [0.25, 0.3) is 0 Å². The number of carboxylic acid groups (broad SMARTS) is 1. The SMILES string of the molecule is O=C(c1csc(Br)c1)N1CCC(F)(C(=O)O)C1. The summed E-state index contributed by atoms with van der Waals surface area (Å²) in [6.07, 6.45) is -0.153. The topological polar surface area (TPSA) is 57.6 Å². The Balaban J connectivity index is 2.11. The van der Waals surface area contributed by atoms with Crippen LogP contribution in [-0.4, -0.2) is 40.6 Å². The van der Waals surface area contributed by atoms with Gasteiger partial charge in [0.1, 0.15) is 0 Å². The van der Waals surface area contributed by atoms with E-state index in [1.807, 2.05) is 0 Å². The van der Waals surface area contributed by atoms with Crippen LogP contribution in [0.2, 0.25) is 0 Å². The highest BCUT2D eigenvalue weighted by molar-refractivity contribution is 9.11. The lowest BCUT2D eigenvalue weighted by molar-refractivity contribution is -0.149. The number of carboxylic acids is 1. The number of rotatable bonds is 2. The van der Waals surface area contributed by atoms with Crippen LogP contribution in [-0.2, 0) is 4.79 Å². The Kier molecular flexibility index (Phi) is 3.22. The molecule has 0 bridgehead atoms. The predicted molar refractivity (Wildman–Crippen MR) is 64.0 cm³/mol. The first-order valence-corrected chi connectivity index (χ1v) is 6.55. The molecule has 2 heterocycles. The zero-order chi connectivity index (χ0) is 12.6. The van der Waals surface area contributed by atoms with Crippen LogP contribution in [0.5, 0.6) is 0 Å². The molecule has 0 aliphatic carbocycles. The van der Waals surface area contributed by atoms with Crippen molar-refractivity contribution in [2.45, 2.75) is 12.1 Å². The monoisotopic (exact) mass is 321 g/mol. The molecule has 1 atom stereocenters. The van der Waals surface area contributed by atoms with Crippen molar-refractivity contribution in [1.29, 1.82) is 0 Å². The number of hydrogen-bond donors (Lipinski definition) is 1. The molecule has 4 nitrogen and oxygen atoms in total. The molecule has 1 aromatic rings. The van der Waals surface area contributed by atoms with Crippen LogP contribution in [0.3, 0.4) is 0 Å². The average Bonchev–Trinajstić information content (AvgIpc) is 2.85. The van der Waals surface area contributed by atoms with Crippen molar-refractivity contribution in [2.75, 3.05) is 13.1 Å². The Morgan fingerprint density at radius 2 is 2.29 bits per heavy atom. The summed E-state index contributed by atoms with van der Waals surface area (Å²) in [5.41, 5.74) is -1.85. The molecule has 1 N–H and O–H groups in total. The molecular formula is C10H9BrFNO3S. The van der Waals surface area contributed by atoms with Crippen LogP contribution in [0.15, 0.2) is 15.2 Å². The van der Waals surface area contributed by atoms with Crippen molar-refractivity contribution in [3.8, 4) is 0 Å². The second-order valence-corrected chi connectivity index (χ2v) is 6.18. The highest BCUT2D eigenvalue weighted by Gasteiger charge is 2.47. The molecule has 1 fully saturated rings. The van der Waals surface area contributed by atoms with Gasteiger partial charge >= 0.3 is 5.97 Å². The Morgan fingerprint density at radius 3 is 2.76 bits per heavy atom. The van der Waals surface area contributed by atoms with Gasteiger partial charge in [-0.2, -0.15) is 0 Å². The minimum Gasteiger partial charge on any atom is -0.479 e. The zero-order valence-electron chi connectivity index (χ0n) is 8.65. The van der Waals surface area contributed by atoms with Gasteiger partial charge in [0, 0.05) is 18.3 Å². The molecular weight excluding hydrogens is 313 g/mol.